The Morgan fingerprint density at radius 1 is 1.28 bits per heavy atom. The van der Waals surface area contributed by atoms with Gasteiger partial charge in [-0.05, 0) is 6.42 Å². The summed E-state index contributed by atoms with van der Waals surface area (Å²) < 4.78 is 4.27. The minimum Gasteiger partial charge on any atom is -0.339 e. The standard InChI is InChI=1S/C17H21N5O2S/c1-2-3-9-21-10-11-22(12-14(21)23)17(24)19-16-18-15(20-25-16)13-7-5-4-6-8-13/h4-8H,2-3,9-12H2,1H3,(H,18,19,20,24). The number of piperazine rings is 1. The van der Waals surface area contributed by atoms with Crippen LogP contribution in [0.5, 0.6) is 0 Å². The normalized spacial score (nSPS) is 14.7. The first-order valence-corrected chi connectivity index (χ1v) is 9.17. The molecule has 0 atom stereocenters. The van der Waals surface area contributed by atoms with Gasteiger partial charge in [-0.15, -0.1) is 0 Å². The largest absolute Gasteiger partial charge is 0.339 e. The van der Waals surface area contributed by atoms with Crippen LogP contribution in [0.25, 0.3) is 11.4 Å². The van der Waals surface area contributed by atoms with Gasteiger partial charge >= 0.3 is 6.03 Å². The van der Waals surface area contributed by atoms with E-state index in [4.69, 9.17) is 0 Å². The maximum Gasteiger partial charge on any atom is 0.324 e. The van der Waals surface area contributed by atoms with E-state index in [2.05, 4.69) is 21.6 Å². The summed E-state index contributed by atoms with van der Waals surface area (Å²) >= 11 is 1.13. The van der Waals surface area contributed by atoms with Gasteiger partial charge in [-0.25, -0.2) is 4.79 Å². The molecular formula is C17H21N5O2S. The molecule has 25 heavy (non-hydrogen) atoms. The maximum absolute atomic E-state index is 12.4. The number of anilines is 1. The van der Waals surface area contributed by atoms with E-state index in [1.807, 2.05) is 35.2 Å². The summed E-state index contributed by atoms with van der Waals surface area (Å²) in [5.41, 5.74) is 0.902. The highest BCUT2D eigenvalue weighted by Gasteiger charge is 2.27. The van der Waals surface area contributed by atoms with Gasteiger partial charge in [0.2, 0.25) is 11.0 Å². The van der Waals surface area contributed by atoms with Gasteiger partial charge in [0.05, 0.1) is 0 Å². The number of nitrogens with one attached hydrogen (secondary N) is 1. The molecule has 3 amide bonds. The number of aromatic nitrogens is 2. The van der Waals surface area contributed by atoms with Crippen molar-refractivity contribution in [1.29, 1.82) is 0 Å². The summed E-state index contributed by atoms with van der Waals surface area (Å²) in [4.78, 5) is 32.2. The fourth-order valence-electron chi connectivity index (χ4n) is 2.62. The zero-order valence-corrected chi connectivity index (χ0v) is 15.0. The predicted molar refractivity (Wildman–Crippen MR) is 97.4 cm³/mol. The molecule has 0 unspecified atom stereocenters. The Morgan fingerprint density at radius 2 is 2.08 bits per heavy atom. The lowest BCUT2D eigenvalue weighted by Crippen LogP contribution is -2.53. The van der Waals surface area contributed by atoms with Crippen LogP contribution in [0.4, 0.5) is 9.93 Å². The van der Waals surface area contributed by atoms with Gasteiger partial charge in [0, 0.05) is 36.7 Å². The first-order chi connectivity index (χ1) is 12.2. The predicted octanol–water partition coefficient (Wildman–Crippen LogP) is 2.68. The number of carbonyl (C=O) groups is 2. The molecule has 8 heteroatoms. The summed E-state index contributed by atoms with van der Waals surface area (Å²) in [6.07, 6.45) is 2.04. The van der Waals surface area contributed by atoms with Gasteiger partial charge in [-0.3, -0.25) is 10.1 Å². The van der Waals surface area contributed by atoms with E-state index in [1.54, 1.807) is 0 Å². The lowest BCUT2D eigenvalue weighted by molar-refractivity contribution is -0.134. The van der Waals surface area contributed by atoms with Crippen LogP contribution in [-0.4, -0.2) is 57.3 Å². The average molecular weight is 359 g/mol. The second kappa shape index (κ2) is 8.06. The molecule has 0 spiro atoms. The SMILES string of the molecule is CCCCN1CCN(C(=O)Nc2nc(-c3ccccc3)ns2)CC1=O. The van der Waals surface area contributed by atoms with Crippen molar-refractivity contribution >= 4 is 28.6 Å². The van der Waals surface area contributed by atoms with Crippen molar-refractivity contribution in [2.45, 2.75) is 19.8 Å². The summed E-state index contributed by atoms with van der Waals surface area (Å²) in [6, 6.07) is 9.29. The van der Waals surface area contributed by atoms with Crippen LogP contribution >= 0.6 is 11.5 Å². The van der Waals surface area contributed by atoms with Crippen LogP contribution in [0.1, 0.15) is 19.8 Å². The van der Waals surface area contributed by atoms with Gasteiger partial charge in [0.1, 0.15) is 6.54 Å². The van der Waals surface area contributed by atoms with Gasteiger partial charge in [-0.1, -0.05) is 43.7 Å². The van der Waals surface area contributed by atoms with Crippen molar-refractivity contribution in [1.82, 2.24) is 19.2 Å². The molecular weight excluding hydrogens is 338 g/mol. The van der Waals surface area contributed by atoms with Crippen molar-refractivity contribution in [3.05, 3.63) is 30.3 Å². The van der Waals surface area contributed by atoms with Crippen molar-refractivity contribution in [3.8, 4) is 11.4 Å². The highest BCUT2D eigenvalue weighted by molar-refractivity contribution is 7.10. The molecule has 1 aliphatic rings. The number of unbranched alkanes of at least 4 members (excludes halogenated alkanes) is 1. The summed E-state index contributed by atoms with van der Waals surface area (Å²) in [5.74, 6) is 0.582. The van der Waals surface area contributed by atoms with E-state index in [0.29, 0.717) is 24.0 Å². The van der Waals surface area contributed by atoms with Gasteiger partial charge in [-0.2, -0.15) is 9.36 Å². The van der Waals surface area contributed by atoms with Crippen molar-refractivity contribution < 1.29 is 9.59 Å². The molecule has 1 fully saturated rings. The molecule has 1 aromatic carbocycles. The molecule has 132 valence electrons. The number of amides is 3. The van der Waals surface area contributed by atoms with Crippen LogP contribution in [0.2, 0.25) is 0 Å². The molecule has 1 N–H and O–H groups in total. The number of benzene rings is 1. The Balaban J connectivity index is 1.56. The third kappa shape index (κ3) is 4.33. The van der Waals surface area contributed by atoms with Gasteiger partial charge < -0.3 is 9.80 Å². The Kier molecular flexibility index (Phi) is 5.60. The third-order valence-corrected chi connectivity index (χ3v) is 4.69. The van der Waals surface area contributed by atoms with Crippen molar-refractivity contribution in [2.24, 2.45) is 0 Å². The van der Waals surface area contributed by atoms with Gasteiger partial charge in [0.15, 0.2) is 5.82 Å². The highest BCUT2D eigenvalue weighted by Crippen LogP contribution is 2.21. The van der Waals surface area contributed by atoms with E-state index in [9.17, 15) is 9.59 Å². The lowest BCUT2D eigenvalue weighted by atomic mass is 10.2. The second-order valence-corrected chi connectivity index (χ2v) is 6.63. The second-order valence-electron chi connectivity index (χ2n) is 5.88. The smallest absolute Gasteiger partial charge is 0.324 e. The quantitative estimate of drug-likeness (QED) is 0.890. The Bertz CT molecular complexity index is 734. The molecule has 0 bridgehead atoms. The summed E-state index contributed by atoms with van der Waals surface area (Å²) in [5, 5.41) is 3.18. The maximum atomic E-state index is 12.4. The van der Waals surface area contributed by atoms with E-state index in [-0.39, 0.29) is 18.5 Å². The molecule has 7 nitrogen and oxygen atoms in total. The molecule has 2 aromatic rings. The minimum absolute atomic E-state index is 0.00270. The van der Waals surface area contributed by atoms with Crippen LogP contribution in [0.15, 0.2) is 30.3 Å². The number of carbonyl (C=O) groups excluding carboxylic acids is 2. The Morgan fingerprint density at radius 3 is 2.80 bits per heavy atom. The molecule has 1 aliphatic heterocycles. The average Bonchev–Trinajstić information content (AvgIpc) is 3.10. The molecule has 1 aromatic heterocycles. The minimum atomic E-state index is -0.306. The van der Waals surface area contributed by atoms with E-state index in [1.165, 1.54) is 4.90 Å². The summed E-state index contributed by atoms with van der Waals surface area (Å²) in [6.45, 7) is 4.09. The zero-order chi connectivity index (χ0) is 17.6. The van der Waals surface area contributed by atoms with Gasteiger partial charge in [0.25, 0.3) is 0 Å². The first-order valence-electron chi connectivity index (χ1n) is 8.40. The number of urea groups is 1. The molecule has 1 saturated heterocycles. The number of hydrogen-bond acceptors (Lipinski definition) is 5. The van der Waals surface area contributed by atoms with Crippen molar-refractivity contribution in [3.63, 3.8) is 0 Å². The monoisotopic (exact) mass is 359 g/mol. The molecule has 2 heterocycles. The van der Waals surface area contributed by atoms with E-state index < -0.39 is 0 Å². The topological polar surface area (TPSA) is 78.4 Å². The van der Waals surface area contributed by atoms with Crippen LogP contribution in [-0.2, 0) is 4.79 Å². The fourth-order valence-corrected chi connectivity index (χ4v) is 3.20. The van der Waals surface area contributed by atoms with E-state index >= 15 is 0 Å². The number of rotatable bonds is 5. The number of nitrogens with zero attached hydrogens (tertiary/aromatic N) is 4. The molecule has 0 saturated carbocycles. The molecule has 0 radical (unpaired) electrons. The van der Waals surface area contributed by atoms with Crippen LogP contribution < -0.4 is 5.32 Å². The van der Waals surface area contributed by atoms with E-state index in [0.717, 1.165) is 36.5 Å². The lowest BCUT2D eigenvalue weighted by Gasteiger charge is -2.34. The highest BCUT2D eigenvalue weighted by atomic mass is 32.1. The zero-order valence-electron chi connectivity index (χ0n) is 14.1. The van der Waals surface area contributed by atoms with Crippen LogP contribution in [0, 0.1) is 0 Å². The molecule has 3 rings (SSSR count). The molecule has 0 aliphatic carbocycles. The first kappa shape index (κ1) is 17.3. The van der Waals surface area contributed by atoms with Crippen LogP contribution in [0.3, 0.4) is 0 Å². The fraction of sp³-hybridized carbons (Fsp3) is 0.412. The number of hydrogen-bond donors (Lipinski definition) is 1. The Hall–Kier alpha value is -2.48. The summed E-state index contributed by atoms with van der Waals surface area (Å²) in [7, 11) is 0. The third-order valence-electron chi connectivity index (χ3n) is 4.06. The Labute approximate surface area is 150 Å². The van der Waals surface area contributed by atoms with Crippen molar-refractivity contribution in [2.75, 3.05) is 31.5 Å².